The highest BCUT2D eigenvalue weighted by Gasteiger charge is 2.44. The van der Waals surface area contributed by atoms with Crippen molar-refractivity contribution in [1.82, 2.24) is 4.98 Å². The van der Waals surface area contributed by atoms with Crippen molar-refractivity contribution >= 4 is 46.4 Å². The smallest absolute Gasteiger partial charge is 0.159 e. The quantitative estimate of drug-likeness (QED) is 0.745. The van der Waals surface area contributed by atoms with Crippen LogP contribution in [0.4, 0.5) is 11.4 Å². The van der Waals surface area contributed by atoms with Crippen LogP contribution in [0.15, 0.2) is 30.5 Å². The van der Waals surface area contributed by atoms with Gasteiger partial charge >= 0.3 is 0 Å². The third kappa shape index (κ3) is 3.31. The Balaban J connectivity index is 0.00000208. The summed E-state index contributed by atoms with van der Waals surface area (Å²) < 4.78 is 0. The van der Waals surface area contributed by atoms with E-state index in [0.29, 0.717) is 11.8 Å². The third-order valence-electron chi connectivity index (χ3n) is 4.35. The number of nitrogens with zero attached hydrogens (tertiary/aromatic N) is 2. The van der Waals surface area contributed by atoms with Crippen molar-refractivity contribution in [2.75, 3.05) is 23.0 Å². The summed E-state index contributed by atoms with van der Waals surface area (Å²) in [7, 11) is 0. The summed E-state index contributed by atoms with van der Waals surface area (Å²) in [6, 6.07) is 8.47. The number of rotatable bonds is 5. The molecule has 0 saturated heterocycles. The highest BCUT2D eigenvalue weighted by molar-refractivity contribution is 8.00. The fraction of sp³-hybridized carbons (Fsp3) is 0.526. The van der Waals surface area contributed by atoms with Crippen molar-refractivity contribution in [1.29, 1.82) is 0 Å². The van der Waals surface area contributed by atoms with Gasteiger partial charge in [-0.3, -0.25) is 4.98 Å². The van der Waals surface area contributed by atoms with Crippen LogP contribution in [0.25, 0.3) is 10.9 Å². The highest BCUT2D eigenvalue weighted by atomic mass is 35.5. The van der Waals surface area contributed by atoms with E-state index in [1.807, 2.05) is 18.0 Å². The Hall–Kier alpha value is -1.13. The molecule has 1 atom stereocenters. The molecular weight excluding hydrogens is 338 g/mol. The lowest BCUT2D eigenvalue weighted by Crippen LogP contribution is -2.50. The maximum Gasteiger partial charge on any atom is 0.159 e. The van der Waals surface area contributed by atoms with E-state index < -0.39 is 0 Å². The predicted octanol–water partition coefficient (Wildman–Crippen LogP) is 5.61. The average Bonchev–Trinajstić information content (AvgIpc) is 2.80. The van der Waals surface area contributed by atoms with Gasteiger partial charge in [0.15, 0.2) is 4.99 Å². The zero-order valence-corrected chi connectivity index (χ0v) is 16.8. The van der Waals surface area contributed by atoms with Crippen LogP contribution in [0.1, 0.15) is 34.1 Å². The Labute approximate surface area is 156 Å². The minimum atomic E-state index is -0.0768. The fourth-order valence-corrected chi connectivity index (χ4v) is 4.63. The molecule has 1 unspecified atom stereocenters. The van der Waals surface area contributed by atoms with Crippen molar-refractivity contribution < 1.29 is 0 Å². The second kappa shape index (κ2) is 7.40. The van der Waals surface area contributed by atoms with Crippen LogP contribution in [-0.4, -0.2) is 22.8 Å². The maximum atomic E-state index is 4.65. The maximum absolute atomic E-state index is 4.65. The van der Waals surface area contributed by atoms with Gasteiger partial charge in [-0.25, -0.2) is 0 Å². The summed E-state index contributed by atoms with van der Waals surface area (Å²) in [5, 5.41) is 5.05. The zero-order valence-electron chi connectivity index (χ0n) is 15.2. The second-order valence-corrected chi connectivity index (χ2v) is 8.34. The van der Waals surface area contributed by atoms with E-state index >= 15 is 0 Å². The fourth-order valence-electron chi connectivity index (χ4n) is 3.53. The van der Waals surface area contributed by atoms with Gasteiger partial charge in [-0.2, -0.15) is 0 Å². The first-order valence-electron chi connectivity index (χ1n) is 8.45. The third-order valence-corrected chi connectivity index (χ3v) is 5.52. The first kappa shape index (κ1) is 19.2. The van der Waals surface area contributed by atoms with Crippen LogP contribution in [-0.2, 0) is 0 Å². The molecule has 3 nitrogen and oxygen atoms in total. The molecular formula is C19H28ClN3S. The predicted molar refractivity (Wildman–Crippen MR) is 110 cm³/mol. The standard InChI is InChI=1S/C19H27N3S.ClH/c1-13(2)10-19(23-5)21-17-11-20-16-9-7-6-8-15(16)18(17)22(19)12-14(3)4;/h6-9,11,13-14,21H,10,12H2,1-5H3;1H. The molecule has 5 heteroatoms. The number of pyridine rings is 1. The normalized spacial score (nSPS) is 19.5. The number of hydrogen-bond donors (Lipinski definition) is 1. The second-order valence-electron chi connectivity index (χ2n) is 7.25. The first-order valence-corrected chi connectivity index (χ1v) is 9.68. The Kier molecular flexibility index (Phi) is 5.92. The average molecular weight is 366 g/mol. The molecule has 0 bridgehead atoms. The van der Waals surface area contributed by atoms with Crippen LogP contribution >= 0.6 is 24.2 Å². The van der Waals surface area contributed by atoms with Gasteiger partial charge in [0.2, 0.25) is 0 Å². The molecule has 0 amide bonds. The van der Waals surface area contributed by atoms with Gasteiger partial charge in [-0.05, 0) is 24.2 Å². The Bertz CT molecular complexity index is 704. The van der Waals surface area contributed by atoms with Gasteiger partial charge in [0.25, 0.3) is 0 Å². The number of halogens is 1. The topological polar surface area (TPSA) is 28.2 Å². The van der Waals surface area contributed by atoms with E-state index in [9.17, 15) is 0 Å². The van der Waals surface area contributed by atoms with E-state index in [-0.39, 0.29) is 17.4 Å². The zero-order chi connectivity index (χ0) is 16.6. The summed E-state index contributed by atoms with van der Waals surface area (Å²) in [4.78, 5) is 7.16. The molecule has 24 heavy (non-hydrogen) atoms. The van der Waals surface area contributed by atoms with Crippen LogP contribution < -0.4 is 10.2 Å². The van der Waals surface area contributed by atoms with Crippen molar-refractivity contribution in [3.63, 3.8) is 0 Å². The van der Waals surface area contributed by atoms with Crippen LogP contribution in [0, 0.1) is 11.8 Å². The van der Waals surface area contributed by atoms with Gasteiger partial charge < -0.3 is 10.2 Å². The highest BCUT2D eigenvalue weighted by Crippen LogP contribution is 2.50. The Morgan fingerprint density at radius 3 is 2.50 bits per heavy atom. The van der Waals surface area contributed by atoms with E-state index in [4.69, 9.17) is 0 Å². The molecule has 1 aliphatic heterocycles. The lowest BCUT2D eigenvalue weighted by molar-refractivity contribution is 0.456. The summed E-state index contributed by atoms with van der Waals surface area (Å²) in [5.74, 6) is 1.23. The molecule has 2 heterocycles. The number of nitrogens with one attached hydrogen (secondary N) is 1. The summed E-state index contributed by atoms with van der Waals surface area (Å²) in [6.07, 6.45) is 5.32. The number of thioether (sulfide) groups is 1. The molecule has 1 aromatic heterocycles. The number of hydrogen-bond acceptors (Lipinski definition) is 4. The molecule has 1 aliphatic rings. The Morgan fingerprint density at radius 2 is 1.88 bits per heavy atom. The molecule has 132 valence electrons. The minimum Gasteiger partial charge on any atom is -0.351 e. The van der Waals surface area contributed by atoms with Crippen molar-refractivity contribution in [3.05, 3.63) is 30.5 Å². The molecule has 1 aromatic carbocycles. The molecule has 3 rings (SSSR count). The molecule has 0 fully saturated rings. The summed E-state index contributed by atoms with van der Waals surface area (Å²) >= 11 is 1.91. The van der Waals surface area contributed by atoms with Crippen LogP contribution in [0.2, 0.25) is 0 Å². The van der Waals surface area contributed by atoms with Crippen LogP contribution in [0.5, 0.6) is 0 Å². The monoisotopic (exact) mass is 365 g/mol. The molecule has 1 N–H and O–H groups in total. The number of para-hydroxylation sites is 1. The lowest BCUT2D eigenvalue weighted by atomic mass is 10.1. The van der Waals surface area contributed by atoms with E-state index in [2.05, 4.69) is 73.4 Å². The van der Waals surface area contributed by atoms with Gasteiger partial charge in [0.05, 0.1) is 23.1 Å². The summed E-state index contributed by atoms with van der Waals surface area (Å²) in [5.41, 5.74) is 3.56. The van der Waals surface area contributed by atoms with Gasteiger partial charge in [0.1, 0.15) is 0 Å². The first-order chi connectivity index (χ1) is 11.0. The molecule has 0 spiro atoms. The van der Waals surface area contributed by atoms with E-state index in [1.54, 1.807) is 0 Å². The van der Waals surface area contributed by atoms with Gasteiger partial charge in [-0.1, -0.05) is 45.9 Å². The Morgan fingerprint density at radius 1 is 1.17 bits per heavy atom. The van der Waals surface area contributed by atoms with Gasteiger partial charge in [-0.15, -0.1) is 24.2 Å². The van der Waals surface area contributed by atoms with E-state index in [1.165, 1.54) is 16.8 Å². The molecule has 2 aromatic rings. The number of benzene rings is 1. The molecule has 0 radical (unpaired) electrons. The SMILES string of the molecule is CSC1(CC(C)C)Nc2cnc3ccccc3c2N1CC(C)C.Cl. The number of fused-ring (bicyclic) bond motifs is 3. The number of aromatic nitrogens is 1. The minimum absolute atomic E-state index is 0. The molecule has 0 aliphatic carbocycles. The summed E-state index contributed by atoms with van der Waals surface area (Å²) in [6.45, 7) is 10.2. The van der Waals surface area contributed by atoms with Crippen molar-refractivity contribution in [3.8, 4) is 0 Å². The van der Waals surface area contributed by atoms with Crippen molar-refractivity contribution in [2.24, 2.45) is 11.8 Å². The molecule has 0 saturated carbocycles. The van der Waals surface area contributed by atoms with E-state index in [0.717, 1.165) is 18.5 Å². The van der Waals surface area contributed by atoms with Gasteiger partial charge in [0, 0.05) is 18.4 Å². The lowest BCUT2D eigenvalue weighted by Gasteiger charge is -2.41. The van der Waals surface area contributed by atoms with Crippen molar-refractivity contribution in [2.45, 2.75) is 39.1 Å². The van der Waals surface area contributed by atoms with Crippen LogP contribution in [0.3, 0.4) is 0 Å². The largest absolute Gasteiger partial charge is 0.351 e. The number of anilines is 2.